The topological polar surface area (TPSA) is 43.4 Å². The Balaban J connectivity index is 3.60. The number of ether oxygens (including phenoxy) is 1. The first-order valence-electron chi connectivity index (χ1n) is 4.58. The summed E-state index contributed by atoms with van der Waals surface area (Å²) in [6, 6.07) is 0. The van der Waals surface area contributed by atoms with E-state index >= 15 is 0 Å². The number of ketones is 1. The summed E-state index contributed by atoms with van der Waals surface area (Å²) in [5, 5.41) is 0.181. The van der Waals surface area contributed by atoms with Gasteiger partial charge in [0.2, 0.25) is 0 Å². The van der Waals surface area contributed by atoms with Gasteiger partial charge in [-0.15, -0.1) is 0 Å². The highest BCUT2D eigenvalue weighted by molar-refractivity contribution is 9.09. The highest BCUT2D eigenvalue weighted by Gasteiger charge is 2.15. The monoisotopic (exact) mass is 264 g/mol. The minimum atomic E-state index is -0.325. The molecule has 0 spiro atoms. The highest BCUT2D eigenvalue weighted by Crippen LogP contribution is 2.19. The molecule has 0 aromatic carbocycles. The third kappa shape index (κ3) is 8.23. The molecule has 0 fully saturated rings. The van der Waals surface area contributed by atoms with Crippen LogP contribution in [0.5, 0.6) is 0 Å². The zero-order valence-electron chi connectivity index (χ0n) is 8.93. The van der Waals surface area contributed by atoms with Gasteiger partial charge in [-0.25, -0.2) is 0 Å². The lowest BCUT2D eigenvalue weighted by Gasteiger charge is -2.16. The molecule has 0 radical (unpaired) electrons. The van der Waals surface area contributed by atoms with Crippen LogP contribution in [0.3, 0.4) is 0 Å². The van der Waals surface area contributed by atoms with Crippen molar-refractivity contribution in [2.24, 2.45) is 5.41 Å². The number of hydrogen-bond donors (Lipinski definition) is 0. The predicted octanol–water partition coefficient (Wildman–Crippen LogP) is 2.32. The van der Waals surface area contributed by atoms with Gasteiger partial charge < -0.3 is 4.74 Å². The van der Waals surface area contributed by atoms with Crippen LogP contribution in [-0.2, 0) is 14.3 Å². The standard InChI is InChI=1S/C10H17BrO3/c1-10(2,3)6-8(12)4-5-14-9(13)7-11/h4-7H2,1-3H3. The van der Waals surface area contributed by atoms with Gasteiger partial charge in [-0.2, -0.15) is 0 Å². The first kappa shape index (κ1) is 13.6. The quantitative estimate of drug-likeness (QED) is 0.566. The summed E-state index contributed by atoms with van der Waals surface area (Å²) < 4.78 is 4.77. The fraction of sp³-hybridized carbons (Fsp3) is 0.800. The number of rotatable bonds is 5. The number of carbonyl (C=O) groups is 2. The minimum absolute atomic E-state index is 0.0104. The lowest BCUT2D eigenvalue weighted by atomic mass is 9.89. The van der Waals surface area contributed by atoms with Crippen LogP contribution in [0, 0.1) is 5.41 Å². The second-order valence-electron chi connectivity index (χ2n) is 4.38. The van der Waals surface area contributed by atoms with E-state index in [0.29, 0.717) is 12.8 Å². The van der Waals surface area contributed by atoms with Gasteiger partial charge in [-0.1, -0.05) is 36.7 Å². The molecule has 0 unspecified atom stereocenters. The molecule has 0 rings (SSSR count). The molecular formula is C10H17BrO3. The van der Waals surface area contributed by atoms with Crippen molar-refractivity contribution in [3.63, 3.8) is 0 Å². The summed E-state index contributed by atoms with van der Waals surface area (Å²) in [7, 11) is 0. The average Bonchev–Trinajstić information content (AvgIpc) is 2.00. The van der Waals surface area contributed by atoms with Gasteiger partial charge in [0.15, 0.2) is 0 Å². The first-order valence-corrected chi connectivity index (χ1v) is 5.70. The molecule has 0 N–H and O–H groups in total. The van der Waals surface area contributed by atoms with Gasteiger partial charge in [0.25, 0.3) is 0 Å². The number of esters is 1. The summed E-state index contributed by atoms with van der Waals surface area (Å²) >= 11 is 2.97. The lowest BCUT2D eigenvalue weighted by molar-refractivity contribution is -0.141. The van der Waals surface area contributed by atoms with Crippen molar-refractivity contribution in [2.45, 2.75) is 33.6 Å². The van der Waals surface area contributed by atoms with Crippen molar-refractivity contribution < 1.29 is 14.3 Å². The molecule has 14 heavy (non-hydrogen) atoms. The Hall–Kier alpha value is -0.380. The van der Waals surface area contributed by atoms with Crippen molar-refractivity contribution in [1.82, 2.24) is 0 Å². The molecule has 0 aliphatic carbocycles. The Morgan fingerprint density at radius 1 is 1.29 bits per heavy atom. The van der Waals surface area contributed by atoms with Crippen LogP contribution < -0.4 is 0 Å². The van der Waals surface area contributed by atoms with E-state index in [-0.39, 0.29) is 29.1 Å². The molecule has 0 atom stereocenters. The molecule has 0 aromatic heterocycles. The summed E-state index contributed by atoms with van der Waals surface area (Å²) in [6.07, 6.45) is 0.842. The Kier molecular flexibility index (Phi) is 6.00. The number of hydrogen-bond acceptors (Lipinski definition) is 3. The van der Waals surface area contributed by atoms with Crippen LogP contribution in [0.25, 0.3) is 0 Å². The van der Waals surface area contributed by atoms with E-state index in [2.05, 4.69) is 15.9 Å². The molecule has 0 heterocycles. The summed E-state index contributed by atoms with van der Waals surface area (Å²) in [5.74, 6) is -0.187. The number of Topliss-reactive ketones (excluding diaryl/α,β-unsaturated/α-hetero) is 1. The number of carbonyl (C=O) groups excluding carboxylic acids is 2. The third-order valence-corrected chi connectivity index (χ3v) is 1.94. The zero-order valence-corrected chi connectivity index (χ0v) is 10.5. The largest absolute Gasteiger partial charge is 0.465 e. The maximum atomic E-state index is 11.3. The Bertz CT molecular complexity index is 206. The van der Waals surface area contributed by atoms with Crippen molar-refractivity contribution in [3.8, 4) is 0 Å². The van der Waals surface area contributed by atoms with Gasteiger partial charge in [0, 0.05) is 12.8 Å². The van der Waals surface area contributed by atoms with E-state index in [1.165, 1.54) is 0 Å². The lowest BCUT2D eigenvalue weighted by Crippen LogP contribution is -2.16. The molecule has 0 aliphatic rings. The highest BCUT2D eigenvalue weighted by atomic mass is 79.9. The maximum Gasteiger partial charge on any atom is 0.316 e. The summed E-state index contributed by atoms with van der Waals surface area (Å²) in [4.78, 5) is 22.0. The Labute approximate surface area is 93.3 Å². The van der Waals surface area contributed by atoms with Crippen molar-refractivity contribution in [1.29, 1.82) is 0 Å². The molecule has 0 aliphatic heterocycles. The third-order valence-electron chi connectivity index (χ3n) is 1.48. The average molecular weight is 265 g/mol. The van der Waals surface area contributed by atoms with E-state index in [4.69, 9.17) is 4.74 Å². The minimum Gasteiger partial charge on any atom is -0.465 e. The van der Waals surface area contributed by atoms with E-state index in [1.54, 1.807) is 0 Å². The van der Waals surface area contributed by atoms with Crippen LogP contribution in [0.4, 0.5) is 0 Å². The second-order valence-corrected chi connectivity index (χ2v) is 4.94. The number of alkyl halides is 1. The van der Waals surface area contributed by atoms with Crippen LogP contribution >= 0.6 is 15.9 Å². The van der Waals surface area contributed by atoms with Crippen LogP contribution in [0.15, 0.2) is 0 Å². The fourth-order valence-electron chi connectivity index (χ4n) is 0.997. The maximum absolute atomic E-state index is 11.3. The molecule has 3 nitrogen and oxygen atoms in total. The van der Waals surface area contributed by atoms with E-state index in [0.717, 1.165) is 0 Å². The van der Waals surface area contributed by atoms with Gasteiger partial charge in [-0.3, -0.25) is 9.59 Å². The van der Waals surface area contributed by atoms with Crippen molar-refractivity contribution in [2.75, 3.05) is 11.9 Å². The van der Waals surface area contributed by atoms with E-state index in [9.17, 15) is 9.59 Å². The SMILES string of the molecule is CC(C)(C)CC(=O)CCOC(=O)CBr. The van der Waals surface area contributed by atoms with Crippen molar-refractivity contribution >= 4 is 27.7 Å². The van der Waals surface area contributed by atoms with E-state index < -0.39 is 0 Å². The molecule has 4 heteroatoms. The van der Waals surface area contributed by atoms with Gasteiger partial charge >= 0.3 is 5.97 Å². The second kappa shape index (κ2) is 6.17. The molecule has 0 amide bonds. The Morgan fingerprint density at radius 2 is 1.86 bits per heavy atom. The summed E-state index contributed by atoms with van der Waals surface area (Å²) in [5.41, 5.74) is 0.0104. The van der Waals surface area contributed by atoms with E-state index in [1.807, 2.05) is 20.8 Å². The number of halogens is 1. The molecule has 0 bridgehead atoms. The van der Waals surface area contributed by atoms with Gasteiger partial charge in [0.1, 0.15) is 11.1 Å². The van der Waals surface area contributed by atoms with Gasteiger partial charge in [-0.05, 0) is 5.41 Å². The normalized spacial score (nSPS) is 11.1. The van der Waals surface area contributed by atoms with Gasteiger partial charge in [0.05, 0.1) is 6.61 Å². The Morgan fingerprint density at radius 3 is 2.29 bits per heavy atom. The molecule has 0 aromatic rings. The van der Waals surface area contributed by atoms with Crippen LogP contribution in [0.1, 0.15) is 33.6 Å². The predicted molar refractivity (Wildman–Crippen MR) is 58.4 cm³/mol. The first-order chi connectivity index (χ1) is 6.35. The molecule has 0 saturated carbocycles. The molecular weight excluding hydrogens is 248 g/mol. The molecule has 0 saturated heterocycles. The smallest absolute Gasteiger partial charge is 0.316 e. The fourth-order valence-corrected chi connectivity index (χ4v) is 1.16. The van der Waals surface area contributed by atoms with Crippen LogP contribution in [0.2, 0.25) is 0 Å². The molecule has 82 valence electrons. The van der Waals surface area contributed by atoms with Crippen molar-refractivity contribution in [3.05, 3.63) is 0 Å². The van der Waals surface area contributed by atoms with Crippen LogP contribution in [-0.4, -0.2) is 23.7 Å². The zero-order chi connectivity index (χ0) is 11.2. The summed E-state index contributed by atoms with van der Waals surface area (Å²) in [6.45, 7) is 6.22.